The second-order valence-corrected chi connectivity index (χ2v) is 17.2. The van der Waals surface area contributed by atoms with Crippen LogP contribution in [0.3, 0.4) is 0 Å². The Labute approximate surface area is 293 Å². The predicted molar refractivity (Wildman–Crippen MR) is 209 cm³/mol. The molecule has 0 saturated heterocycles. The zero-order chi connectivity index (χ0) is 33.3. The van der Waals surface area contributed by atoms with Crippen LogP contribution in [0.5, 0.6) is 0 Å². The van der Waals surface area contributed by atoms with E-state index in [4.69, 9.17) is 20.7 Å². The highest BCUT2D eigenvalue weighted by Gasteiger charge is 2.44. The van der Waals surface area contributed by atoms with E-state index in [1.165, 1.54) is 98.5 Å². The van der Waals surface area contributed by atoms with Crippen molar-refractivity contribution in [2.75, 3.05) is 13.2 Å². The van der Waals surface area contributed by atoms with Crippen LogP contribution in [-0.2, 0) is 15.9 Å². The topological polar surface area (TPSA) is 18.5 Å². The van der Waals surface area contributed by atoms with Crippen LogP contribution >= 0.6 is 17.9 Å². The molecule has 0 unspecified atom stereocenters. The number of benzene rings is 3. The van der Waals surface area contributed by atoms with E-state index in [9.17, 15) is 0 Å². The third kappa shape index (κ3) is 15.4. The fourth-order valence-corrected chi connectivity index (χ4v) is 9.68. The van der Waals surface area contributed by atoms with Crippen LogP contribution in [0.25, 0.3) is 0 Å². The molecule has 2 nitrogen and oxygen atoms in total. The van der Waals surface area contributed by atoms with Crippen LogP contribution < -0.4 is 15.9 Å². The van der Waals surface area contributed by atoms with Gasteiger partial charge in [-0.3, -0.25) is 0 Å². The number of ether oxygens (including phenoxy) is 2. The van der Waals surface area contributed by atoms with Gasteiger partial charge in [0, 0.05) is 13.2 Å². The molecule has 0 aliphatic carbocycles. The second kappa shape index (κ2) is 25.1. The summed E-state index contributed by atoms with van der Waals surface area (Å²) >= 11 is 7.56. The van der Waals surface area contributed by atoms with Gasteiger partial charge in [0.15, 0.2) is 6.29 Å². The van der Waals surface area contributed by atoms with Gasteiger partial charge in [0.25, 0.3) is 0 Å². The van der Waals surface area contributed by atoms with Crippen molar-refractivity contribution in [1.29, 1.82) is 0 Å². The molecule has 0 N–H and O–H groups in total. The van der Waals surface area contributed by atoms with Gasteiger partial charge in [-0.15, -0.1) is 0 Å². The fourth-order valence-electron chi connectivity index (χ4n) is 6.05. The van der Waals surface area contributed by atoms with E-state index in [0.717, 1.165) is 51.7 Å². The Morgan fingerprint density at radius 1 is 0.532 bits per heavy atom. The van der Waals surface area contributed by atoms with Crippen molar-refractivity contribution in [1.82, 2.24) is 0 Å². The summed E-state index contributed by atoms with van der Waals surface area (Å²) in [4.78, 5) is 0. The highest BCUT2D eigenvalue weighted by molar-refractivity contribution is 8.14. The summed E-state index contributed by atoms with van der Waals surface area (Å²) < 4.78 is 12.4. The molecule has 0 atom stereocenters. The van der Waals surface area contributed by atoms with Crippen LogP contribution in [0.1, 0.15) is 129 Å². The van der Waals surface area contributed by atoms with E-state index in [1.54, 1.807) is 0 Å². The summed E-state index contributed by atoms with van der Waals surface area (Å²) in [6.45, 7) is 4.04. The van der Waals surface area contributed by atoms with Crippen molar-refractivity contribution in [3.05, 3.63) is 103 Å². The molecule has 0 radical (unpaired) electrons. The Bertz CT molecular complexity index is 1130. The van der Waals surface area contributed by atoms with Crippen molar-refractivity contribution in [3.63, 3.8) is 0 Å². The molecule has 258 valence electrons. The van der Waals surface area contributed by atoms with Crippen molar-refractivity contribution >= 4 is 33.8 Å². The average Bonchev–Trinajstić information content (AvgIpc) is 3.12. The van der Waals surface area contributed by atoms with Crippen molar-refractivity contribution in [2.45, 2.75) is 136 Å². The van der Waals surface area contributed by atoms with Gasteiger partial charge in [0.1, 0.15) is 27.2 Å². The van der Waals surface area contributed by atoms with Crippen LogP contribution in [0, 0.1) is 0 Å². The molecule has 0 aliphatic heterocycles. The molecule has 0 saturated carbocycles. The van der Waals surface area contributed by atoms with Gasteiger partial charge in [-0.2, -0.15) is 0 Å². The number of hydrogen-bond acceptors (Lipinski definition) is 2. The minimum atomic E-state index is -2.18. The fraction of sp³-hybridized carbons (Fsp3) is 0.535. The summed E-state index contributed by atoms with van der Waals surface area (Å²) in [5, 5.41) is 3.62. The minimum Gasteiger partial charge on any atom is -0.353 e. The summed E-state index contributed by atoms with van der Waals surface area (Å²) in [7, 11) is 0. The number of rotatable bonds is 27. The summed E-state index contributed by atoms with van der Waals surface area (Å²) in [5.74, 6) is 0. The third-order valence-corrected chi connectivity index (χ3v) is 13.7. The SMILES string of the molecule is CCCCCCCOC(CCCCC/C=C\CCCc1ccc([P+](Cl)(c2ccccc2)c2ccccc2)cc1)OCCCCCCC. The molecule has 0 heterocycles. The largest absolute Gasteiger partial charge is 0.353 e. The maximum Gasteiger partial charge on any atom is 0.210 e. The number of unbranched alkanes of at least 4 members (excludes halogenated alkanes) is 12. The Morgan fingerprint density at radius 3 is 1.53 bits per heavy atom. The van der Waals surface area contributed by atoms with Crippen molar-refractivity contribution < 1.29 is 9.47 Å². The van der Waals surface area contributed by atoms with Crippen molar-refractivity contribution in [2.24, 2.45) is 0 Å². The van der Waals surface area contributed by atoms with Gasteiger partial charge in [0.2, 0.25) is 6.62 Å². The molecule has 4 heteroatoms. The maximum atomic E-state index is 7.56. The lowest BCUT2D eigenvalue weighted by Gasteiger charge is -2.19. The highest BCUT2D eigenvalue weighted by Crippen LogP contribution is 2.60. The minimum absolute atomic E-state index is 0.0173. The number of aryl methyl sites for hydroxylation is 1. The van der Waals surface area contributed by atoms with Gasteiger partial charge in [-0.25, -0.2) is 0 Å². The molecule has 3 aromatic rings. The van der Waals surface area contributed by atoms with Gasteiger partial charge in [-0.1, -0.05) is 132 Å². The van der Waals surface area contributed by atoms with Gasteiger partial charge < -0.3 is 9.47 Å². The van der Waals surface area contributed by atoms with Crippen molar-refractivity contribution in [3.8, 4) is 0 Å². The van der Waals surface area contributed by atoms with E-state index in [2.05, 4.69) is 111 Å². The van der Waals surface area contributed by atoms with Gasteiger partial charge in [0.05, 0.1) is 0 Å². The Morgan fingerprint density at radius 2 is 1.00 bits per heavy atom. The first-order valence-electron chi connectivity index (χ1n) is 18.9. The molecule has 0 spiro atoms. The lowest BCUT2D eigenvalue weighted by atomic mass is 10.1. The normalized spacial score (nSPS) is 12.0. The summed E-state index contributed by atoms with van der Waals surface area (Å²) in [6.07, 6.45) is 26.7. The van der Waals surface area contributed by atoms with E-state index in [1.807, 2.05) is 0 Å². The standard InChI is InChI=1S/C43H63ClO2P/c1-3-5-7-15-25-37-45-43(46-38-26-16-8-6-4-2)32-24-14-12-10-9-11-13-19-27-39-33-35-42(36-34-39)47(44,40-28-20-17-21-29-40)41-30-22-18-23-31-41/h9,11,17-18,20-23,28-31,33-36,43H,3-8,10,12-16,19,24-27,32,37-38H2,1-2H3/q+1/b11-9-. The van der Waals surface area contributed by atoms with E-state index >= 15 is 0 Å². The molecule has 3 rings (SSSR count). The smallest absolute Gasteiger partial charge is 0.210 e. The van der Waals surface area contributed by atoms with Crippen LogP contribution in [0.15, 0.2) is 97.1 Å². The molecule has 47 heavy (non-hydrogen) atoms. The molecule has 3 aromatic carbocycles. The second-order valence-electron chi connectivity index (χ2n) is 12.9. The summed E-state index contributed by atoms with van der Waals surface area (Å²) in [5.41, 5.74) is 1.38. The van der Waals surface area contributed by atoms with Gasteiger partial charge in [-0.05, 0) is 99.7 Å². The Balaban J connectivity index is 1.33. The third-order valence-electron chi connectivity index (χ3n) is 8.93. The van der Waals surface area contributed by atoms with Gasteiger partial charge >= 0.3 is 0 Å². The number of hydrogen-bond donors (Lipinski definition) is 0. The molecular weight excluding hydrogens is 615 g/mol. The predicted octanol–water partition coefficient (Wildman–Crippen LogP) is 12.3. The average molecular weight is 678 g/mol. The quantitative estimate of drug-likeness (QED) is 0.0346. The first kappa shape index (κ1) is 39.5. The van der Waals surface area contributed by atoms with Crippen LogP contribution in [0.4, 0.5) is 0 Å². The van der Waals surface area contributed by atoms with E-state index in [-0.39, 0.29) is 6.29 Å². The molecular formula is C43H63ClO2P+. The highest BCUT2D eigenvalue weighted by atomic mass is 35.7. The van der Waals surface area contributed by atoms with E-state index < -0.39 is 6.62 Å². The Kier molecular flexibility index (Phi) is 21.1. The molecule has 0 aromatic heterocycles. The molecule has 0 fully saturated rings. The summed E-state index contributed by atoms with van der Waals surface area (Å²) in [6, 6.07) is 30.2. The molecule has 0 amide bonds. The zero-order valence-corrected chi connectivity index (χ0v) is 31.2. The first-order chi connectivity index (χ1) is 23.2. The number of allylic oxidation sites excluding steroid dienone is 2. The lowest BCUT2D eigenvalue weighted by Crippen LogP contribution is -2.27. The molecule has 0 bridgehead atoms. The first-order valence-corrected chi connectivity index (χ1v) is 21.6. The van der Waals surface area contributed by atoms with Crippen LogP contribution in [-0.4, -0.2) is 19.5 Å². The monoisotopic (exact) mass is 677 g/mol. The van der Waals surface area contributed by atoms with E-state index in [0.29, 0.717) is 0 Å². The Hall–Kier alpha value is -1.96. The zero-order valence-electron chi connectivity index (χ0n) is 29.6. The molecule has 0 aliphatic rings. The van der Waals surface area contributed by atoms with Crippen LogP contribution in [0.2, 0.25) is 0 Å². The number of halogens is 1. The lowest BCUT2D eigenvalue weighted by molar-refractivity contribution is -0.148. The maximum absolute atomic E-state index is 7.56.